The van der Waals surface area contributed by atoms with Crippen LogP contribution in [0.3, 0.4) is 0 Å². The largest absolute Gasteiger partial charge is 0.494 e. The molecule has 0 aliphatic rings. The Kier molecular flexibility index (Phi) is 5.47. The average molecular weight is 366 g/mol. The zero-order valence-corrected chi connectivity index (χ0v) is 16.2. The summed E-state index contributed by atoms with van der Waals surface area (Å²) in [6, 6.07) is 13.9. The van der Waals surface area contributed by atoms with Gasteiger partial charge in [-0.15, -0.1) is 0 Å². The predicted octanol–water partition coefficient (Wildman–Crippen LogP) is 4.90. The van der Waals surface area contributed by atoms with Crippen LogP contribution in [0.25, 0.3) is 10.9 Å². The number of carbonyl (C=O) groups is 1. The summed E-state index contributed by atoms with van der Waals surface area (Å²) in [5.41, 5.74) is 4.98. The van der Waals surface area contributed by atoms with E-state index in [4.69, 9.17) is 4.74 Å². The maximum atomic E-state index is 12.3. The van der Waals surface area contributed by atoms with Gasteiger partial charge >= 0.3 is 0 Å². The summed E-state index contributed by atoms with van der Waals surface area (Å²) in [5.74, 6) is 1.01. The van der Waals surface area contributed by atoms with Gasteiger partial charge in [0.05, 0.1) is 17.9 Å². The van der Waals surface area contributed by atoms with Crippen LogP contribution in [0.2, 0.25) is 0 Å². The van der Waals surface area contributed by atoms with Crippen LogP contribution in [-0.4, -0.2) is 23.8 Å². The molecular weight excluding hydrogens is 344 g/mol. The quantitative estimate of drug-likeness (QED) is 0.653. The van der Waals surface area contributed by atoms with E-state index >= 15 is 0 Å². The maximum absolute atomic E-state index is 12.3. The Balaban J connectivity index is 1.75. The van der Waals surface area contributed by atoms with Crippen molar-refractivity contribution in [2.24, 2.45) is 0 Å². The van der Waals surface area contributed by atoms with Crippen LogP contribution < -0.4 is 10.1 Å². The van der Waals surface area contributed by atoms with Gasteiger partial charge in [0.25, 0.3) is 0 Å². The summed E-state index contributed by atoms with van der Waals surface area (Å²) in [5, 5.41) is 4.86. The minimum absolute atomic E-state index is 0.0386. The zero-order chi connectivity index (χ0) is 18.7. The number of rotatable bonds is 5. The lowest BCUT2D eigenvalue weighted by molar-refractivity contribution is -0.113. The monoisotopic (exact) mass is 366 g/mol. The van der Waals surface area contributed by atoms with Gasteiger partial charge in [-0.05, 0) is 55.7 Å². The van der Waals surface area contributed by atoms with Gasteiger partial charge in [-0.25, -0.2) is 4.98 Å². The molecule has 1 amide bonds. The summed E-state index contributed by atoms with van der Waals surface area (Å²) >= 11 is 1.43. The number of benzene rings is 2. The Labute approximate surface area is 158 Å². The highest BCUT2D eigenvalue weighted by molar-refractivity contribution is 7.99. The average Bonchev–Trinajstić information content (AvgIpc) is 2.62. The Bertz CT molecular complexity index is 970. The second-order valence-corrected chi connectivity index (χ2v) is 7.28. The minimum atomic E-state index is -0.0386. The molecule has 0 spiro atoms. The number of carbonyl (C=O) groups excluding carboxylic acids is 1. The lowest BCUT2D eigenvalue weighted by atomic mass is 10.1. The second-order valence-electron chi connectivity index (χ2n) is 6.29. The molecule has 1 N–H and O–H groups in total. The molecule has 0 fully saturated rings. The highest BCUT2D eigenvalue weighted by atomic mass is 32.2. The molecule has 3 aromatic rings. The third kappa shape index (κ3) is 3.99. The summed E-state index contributed by atoms with van der Waals surface area (Å²) in [6.45, 7) is 6.05. The van der Waals surface area contributed by atoms with Gasteiger partial charge in [0.1, 0.15) is 11.3 Å². The van der Waals surface area contributed by atoms with Crippen molar-refractivity contribution in [1.82, 2.24) is 4.98 Å². The summed E-state index contributed by atoms with van der Waals surface area (Å²) < 4.78 is 5.42. The zero-order valence-electron chi connectivity index (χ0n) is 15.4. The number of fused-ring (bicyclic) bond motifs is 1. The number of nitrogens with zero attached hydrogens (tertiary/aromatic N) is 1. The first-order valence-electron chi connectivity index (χ1n) is 8.42. The third-order valence-electron chi connectivity index (χ3n) is 4.22. The number of hydrogen-bond acceptors (Lipinski definition) is 4. The number of methoxy groups -OCH3 is 1. The summed E-state index contributed by atoms with van der Waals surface area (Å²) in [6.07, 6.45) is 0. The SMILES string of the molecule is COc1cccc2c(C)cc(SCC(=O)Nc3cc(C)ccc3C)nc12. The van der Waals surface area contributed by atoms with E-state index in [0.717, 1.165) is 44.1 Å². The third-order valence-corrected chi connectivity index (χ3v) is 5.14. The number of thioether (sulfide) groups is 1. The maximum Gasteiger partial charge on any atom is 0.234 e. The van der Waals surface area contributed by atoms with Gasteiger partial charge in [0, 0.05) is 11.1 Å². The van der Waals surface area contributed by atoms with Gasteiger partial charge < -0.3 is 10.1 Å². The van der Waals surface area contributed by atoms with Gasteiger partial charge in [-0.1, -0.05) is 36.0 Å². The van der Waals surface area contributed by atoms with Gasteiger partial charge in [0.15, 0.2) is 0 Å². The lowest BCUT2D eigenvalue weighted by Gasteiger charge is -2.11. The van der Waals surface area contributed by atoms with Gasteiger partial charge in [-0.2, -0.15) is 0 Å². The molecule has 0 unspecified atom stereocenters. The molecule has 2 aromatic carbocycles. The first-order chi connectivity index (χ1) is 12.5. The molecule has 0 aliphatic heterocycles. The molecule has 5 heteroatoms. The smallest absolute Gasteiger partial charge is 0.234 e. The van der Waals surface area contributed by atoms with Crippen LogP contribution in [0.1, 0.15) is 16.7 Å². The van der Waals surface area contributed by atoms with E-state index in [1.807, 2.05) is 63.2 Å². The molecule has 4 nitrogen and oxygen atoms in total. The van der Waals surface area contributed by atoms with Crippen LogP contribution >= 0.6 is 11.8 Å². The van der Waals surface area contributed by atoms with Crippen LogP contribution in [0.15, 0.2) is 47.5 Å². The molecule has 0 aliphatic carbocycles. The number of ether oxygens (including phenoxy) is 1. The number of aromatic nitrogens is 1. The lowest BCUT2D eigenvalue weighted by Crippen LogP contribution is -2.15. The normalized spacial score (nSPS) is 10.8. The Morgan fingerprint density at radius 1 is 1.12 bits per heavy atom. The number of anilines is 1. The van der Waals surface area contributed by atoms with Crippen molar-refractivity contribution in [1.29, 1.82) is 0 Å². The van der Waals surface area contributed by atoms with E-state index < -0.39 is 0 Å². The molecule has 0 radical (unpaired) electrons. The fraction of sp³-hybridized carbons (Fsp3) is 0.238. The van der Waals surface area contributed by atoms with Gasteiger partial charge in [-0.3, -0.25) is 4.79 Å². The highest BCUT2D eigenvalue weighted by Crippen LogP contribution is 2.29. The van der Waals surface area contributed by atoms with Gasteiger partial charge in [0.2, 0.25) is 5.91 Å². The van der Waals surface area contributed by atoms with Crippen molar-refractivity contribution in [3.05, 3.63) is 59.2 Å². The first-order valence-corrected chi connectivity index (χ1v) is 9.41. The molecule has 0 atom stereocenters. The fourth-order valence-electron chi connectivity index (χ4n) is 2.80. The van der Waals surface area contributed by atoms with Crippen molar-refractivity contribution in [2.45, 2.75) is 25.8 Å². The van der Waals surface area contributed by atoms with E-state index in [1.165, 1.54) is 11.8 Å². The molecule has 0 bridgehead atoms. The topological polar surface area (TPSA) is 51.2 Å². The highest BCUT2D eigenvalue weighted by Gasteiger charge is 2.10. The van der Waals surface area contributed by atoms with E-state index in [2.05, 4.69) is 10.3 Å². The number of aryl methyl sites for hydroxylation is 3. The van der Waals surface area contributed by atoms with Crippen LogP contribution in [0.5, 0.6) is 5.75 Å². The van der Waals surface area contributed by atoms with Crippen molar-refractivity contribution < 1.29 is 9.53 Å². The van der Waals surface area contributed by atoms with Crippen LogP contribution in [0.4, 0.5) is 5.69 Å². The molecule has 1 aromatic heterocycles. The Morgan fingerprint density at radius 3 is 2.69 bits per heavy atom. The van der Waals surface area contributed by atoms with Crippen molar-refractivity contribution in [3.63, 3.8) is 0 Å². The summed E-state index contributed by atoms with van der Waals surface area (Å²) in [4.78, 5) is 17.0. The van der Waals surface area contributed by atoms with Crippen molar-refractivity contribution in [3.8, 4) is 5.75 Å². The summed E-state index contributed by atoms with van der Waals surface area (Å²) in [7, 11) is 1.64. The number of pyridine rings is 1. The fourth-order valence-corrected chi connectivity index (χ4v) is 3.56. The molecule has 134 valence electrons. The van der Waals surface area contributed by atoms with Crippen molar-refractivity contribution in [2.75, 3.05) is 18.2 Å². The second kappa shape index (κ2) is 7.79. The number of hydrogen-bond donors (Lipinski definition) is 1. The van der Waals surface area contributed by atoms with E-state index in [-0.39, 0.29) is 5.91 Å². The Morgan fingerprint density at radius 2 is 1.92 bits per heavy atom. The van der Waals surface area contributed by atoms with E-state index in [1.54, 1.807) is 7.11 Å². The molecule has 0 saturated heterocycles. The van der Waals surface area contributed by atoms with Crippen LogP contribution in [-0.2, 0) is 4.79 Å². The molecule has 26 heavy (non-hydrogen) atoms. The first kappa shape index (κ1) is 18.3. The number of nitrogens with one attached hydrogen (secondary N) is 1. The molecule has 3 rings (SSSR count). The standard InChI is InChI=1S/C21H22N2O2S/c1-13-8-9-14(2)17(10-13)22-19(24)12-26-20-11-15(3)16-6-5-7-18(25-4)21(16)23-20/h5-11H,12H2,1-4H3,(H,22,24). The Hall–Kier alpha value is -2.53. The predicted molar refractivity (Wildman–Crippen MR) is 108 cm³/mol. The van der Waals surface area contributed by atoms with Crippen LogP contribution in [0, 0.1) is 20.8 Å². The molecular formula is C21H22N2O2S. The minimum Gasteiger partial charge on any atom is -0.494 e. The number of amides is 1. The number of para-hydroxylation sites is 1. The van der Waals surface area contributed by atoms with Crippen molar-refractivity contribution >= 4 is 34.3 Å². The molecule has 0 saturated carbocycles. The molecule has 1 heterocycles. The van der Waals surface area contributed by atoms with E-state index in [9.17, 15) is 4.79 Å². The van der Waals surface area contributed by atoms with E-state index in [0.29, 0.717) is 5.75 Å².